The summed E-state index contributed by atoms with van der Waals surface area (Å²) in [5, 5.41) is 10.5. The quantitative estimate of drug-likeness (QED) is 0.696. The van der Waals surface area contributed by atoms with Gasteiger partial charge in [0, 0.05) is 16.6 Å². The number of phenols is 1. The third-order valence-corrected chi connectivity index (χ3v) is 3.91. The summed E-state index contributed by atoms with van der Waals surface area (Å²) in [6, 6.07) is 11.0. The van der Waals surface area contributed by atoms with Gasteiger partial charge < -0.3 is 9.67 Å². The van der Waals surface area contributed by atoms with Gasteiger partial charge >= 0.3 is 0 Å². The number of hydrogen-bond donors (Lipinski definition) is 1. The Balaban J connectivity index is 2.30. The van der Waals surface area contributed by atoms with Crippen LogP contribution < -0.4 is 0 Å². The number of aromatic hydroxyl groups is 1. The van der Waals surface area contributed by atoms with Gasteiger partial charge in [-0.3, -0.25) is 0 Å². The molecule has 3 nitrogen and oxygen atoms in total. The highest BCUT2D eigenvalue weighted by Crippen LogP contribution is 2.33. The second-order valence-corrected chi connectivity index (χ2v) is 6.04. The Morgan fingerprint density at radius 3 is 2.52 bits per heavy atom. The fourth-order valence-electron chi connectivity index (χ4n) is 2.44. The number of halogens is 2. The van der Waals surface area contributed by atoms with Gasteiger partial charge in [0.05, 0.1) is 16.1 Å². The van der Waals surface area contributed by atoms with Crippen LogP contribution in [0.25, 0.3) is 22.4 Å². The summed E-state index contributed by atoms with van der Waals surface area (Å²) in [5.41, 5.74) is 2.72. The van der Waals surface area contributed by atoms with Gasteiger partial charge in [0.15, 0.2) is 0 Å². The van der Waals surface area contributed by atoms with Crippen LogP contribution in [0.3, 0.4) is 0 Å². The average molecular weight is 321 g/mol. The van der Waals surface area contributed by atoms with Crippen molar-refractivity contribution in [2.75, 3.05) is 0 Å². The van der Waals surface area contributed by atoms with Crippen LogP contribution in [0.2, 0.25) is 10.0 Å². The van der Waals surface area contributed by atoms with Crippen molar-refractivity contribution >= 4 is 34.2 Å². The number of fused-ring (bicyclic) bond motifs is 1. The van der Waals surface area contributed by atoms with E-state index in [0.717, 1.165) is 22.4 Å². The van der Waals surface area contributed by atoms with E-state index in [1.165, 1.54) is 0 Å². The summed E-state index contributed by atoms with van der Waals surface area (Å²) in [6.45, 7) is 4.20. The molecule has 2 aromatic carbocycles. The predicted molar refractivity (Wildman–Crippen MR) is 87.2 cm³/mol. The lowest BCUT2D eigenvalue weighted by Crippen LogP contribution is -2.03. The Hall–Kier alpha value is -1.71. The normalized spacial score (nSPS) is 11.5. The minimum absolute atomic E-state index is 0.0654. The highest BCUT2D eigenvalue weighted by Gasteiger charge is 2.16. The summed E-state index contributed by atoms with van der Waals surface area (Å²) in [4.78, 5) is 4.67. The molecule has 0 radical (unpaired) electrons. The van der Waals surface area contributed by atoms with Crippen LogP contribution in [0.4, 0.5) is 0 Å². The second-order valence-electron chi connectivity index (χ2n) is 5.20. The van der Waals surface area contributed by atoms with E-state index in [0.29, 0.717) is 10.0 Å². The molecule has 108 valence electrons. The molecule has 0 unspecified atom stereocenters. The largest absolute Gasteiger partial charge is 0.506 e. The van der Waals surface area contributed by atoms with E-state index >= 15 is 0 Å². The molecule has 21 heavy (non-hydrogen) atoms. The number of hydrogen-bond acceptors (Lipinski definition) is 2. The zero-order valence-corrected chi connectivity index (χ0v) is 13.2. The number of benzene rings is 2. The molecule has 0 saturated carbocycles. The number of aromatic nitrogens is 2. The number of imidazole rings is 1. The third-order valence-electron chi connectivity index (χ3n) is 3.37. The fraction of sp³-hybridized carbons (Fsp3) is 0.188. The molecular formula is C16H14Cl2N2O. The van der Waals surface area contributed by atoms with Crippen molar-refractivity contribution in [3.8, 4) is 17.1 Å². The zero-order valence-electron chi connectivity index (χ0n) is 11.6. The van der Waals surface area contributed by atoms with Gasteiger partial charge in [0.25, 0.3) is 0 Å². The second kappa shape index (κ2) is 5.24. The molecule has 3 aromatic rings. The van der Waals surface area contributed by atoms with Crippen LogP contribution in [0.1, 0.15) is 19.9 Å². The highest BCUT2D eigenvalue weighted by atomic mass is 35.5. The SMILES string of the molecule is CC(C)n1c(-c2ccc(O)c(Cl)c2)nc2cc(Cl)ccc21. The monoisotopic (exact) mass is 320 g/mol. The lowest BCUT2D eigenvalue weighted by atomic mass is 10.2. The minimum atomic E-state index is 0.0654. The third kappa shape index (κ3) is 2.47. The first-order chi connectivity index (χ1) is 9.97. The number of rotatable bonds is 2. The van der Waals surface area contributed by atoms with Crippen molar-refractivity contribution < 1.29 is 5.11 Å². The molecular weight excluding hydrogens is 307 g/mol. The molecule has 0 amide bonds. The van der Waals surface area contributed by atoms with Gasteiger partial charge in [-0.1, -0.05) is 23.2 Å². The van der Waals surface area contributed by atoms with Gasteiger partial charge in [-0.15, -0.1) is 0 Å². The summed E-state index contributed by atoms with van der Waals surface area (Å²) in [7, 11) is 0. The van der Waals surface area contributed by atoms with E-state index in [9.17, 15) is 5.11 Å². The first kappa shape index (κ1) is 14.2. The lowest BCUT2D eigenvalue weighted by Gasteiger charge is -2.13. The van der Waals surface area contributed by atoms with Crippen LogP contribution in [0, 0.1) is 0 Å². The van der Waals surface area contributed by atoms with E-state index in [2.05, 4.69) is 23.4 Å². The maximum absolute atomic E-state index is 9.57. The molecule has 1 heterocycles. The summed E-state index contributed by atoms with van der Waals surface area (Å²) >= 11 is 12.1. The molecule has 1 N–H and O–H groups in total. The van der Waals surface area contributed by atoms with Crippen molar-refractivity contribution in [2.45, 2.75) is 19.9 Å². The van der Waals surface area contributed by atoms with E-state index in [1.54, 1.807) is 12.1 Å². The van der Waals surface area contributed by atoms with E-state index < -0.39 is 0 Å². The van der Waals surface area contributed by atoms with Gasteiger partial charge in [-0.25, -0.2) is 4.98 Å². The van der Waals surface area contributed by atoms with Gasteiger partial charge in [0.1, 0.15) is 11.6 Å². The Kier molecular flexibility index (Phi) is 3.56. The van der Waals surface area contributed by atoms with Crippen molar-refractivity contribution in [3.05, 3.63) is 46.4 Å². The summed E-state index contributed by atoms with van der Waals surface area (Å²) in [5.74, 6) is 0.875. The molecule has 0 atom stereocenters. The van der Waals surface area contributed by atoms with Crippen molar-refractivity contribution in [1.82, 2.24) is 9.55 Å². The zero-order chi connectivity index (χ0) is 15.1. The van der Waals surface area contributed by atoms with E-state index in [4.69, 9.17) is 23.2 Å². The van der Waals surface area contributed by atoms with Gasteiger partial charge in [-0.2, -0.15) is 0 Å². The van der Waals surface area contributed by atoms with E-state index in [1.807, 2.05) is 24.3 Å². The van der Waals surface area contributed by atoms with Crippen LogP contribution in [-0.2, 0) is 0 Å². The average Bonchev–Trinajstić information content (AvgIpc) is 2.80. The molecule has 1 aromatic heterocycles. The maximum atomic E-state index is 9.57. The summed E-state index contributed by atoms with van der Waals surface area (Å²) < 4.78 is 2.13. The molecule has 5 heteroatoms. The topological polar surface area (TPSA) is 38.0 Å². The molecule has 0 aliphatic heterocycles. The lowest BCUT2D eigenvalue weighted by molar-refractivity contribution is 0.475. The van der Waals surface area contributed by atoms with Gasteiger partial charge in [0.2, 0.25) is 0 Å². The minimum Gasteiger partial charge on any atom is -0.506 e. The first-order valence-electron chi connectivity index (χ1n) is 6.63. The van der Waals surface area contributed by atoms with Crippen molar-refractivity contribution in [3.63, 3.8) is 0 Å². The molecule has 3 rings (SSSR count). The van der Waals surface area contributed by atoms with Crippen molar-refractivity contribution in [1.29, 1.82) is 0 Å². The maximum Gasteiger partial charge on any atom is 0.141 e. The van der Waals surface area contributed by atoms with Crippen LogP contribution in [-0.4, -0.2) is 14.7 Å². The Morgan fingerprint density at radius 2 is 1.86 bits per heavy atom. The predicted octanol–water partition coefficient (Wildman–Crippen LogP) is 5.30. The standard InChI is InChI=1S/C16H14Cl2N2O/c1-9(2)20-14-5-4-11(17)8-13(14)19-16(20)10-3-6-15(21)12(18)7-10/h3-9,21H,1-2H3. The molecule has 0 saturated heterocycles. The fourth-order valence-corrected chi connectivity index (χ4v) is 2.79. The number of nitrogens with zero attached hydrogens (tertiary/aromatic N) is 2. The molecule has 0 spiro atoms. The number of phenolic OH excluding ortho intramolecular Hbond substituents is 1. The smallest absolute Gasteiger partial charge is 0.141 e. The Bertz CT molecular complexity index is 825. The first-order valence-corrected chi connectivity index (χ1v) is 7.39. The molecule has 0 fully saturated rings. The molecule has 0 bridgehead atoms. The Labute approximate surface area is 132 Å². The molecule has 0 aliphatic carbocycles. The van der Waals surface area contributed by atoms with Gasteiger partial charge in [-0.05, 0) is 50.2 Å². The van der Waals surface area contributed by atoms with Crippen molar-refractivity contribution in [2.24, 2.45) is 0 Å². The van der Waals surface area contributed by atoms with Crippen LogP contribution >= 0.6 is 23.2 Å². The Morgan fingerprint density at radius 1 is 1.10 bits per heavy atom. The van der Waals surface area contributed by atoms with Crippen LogP contribution in [0.15, 0.2) is 36.4 Å². The van der Waals surface area contributed by atoms with Crippen LogP contribution in [0.5, 0.6) is 5.75 Å². The molecule has 0 aliphatic rings. The van der Waals surface area contributed by atoms with E-state index in [-0.39, 0.29) is 11.8 Å². The highest BCUT2D eigenvalue weighted by molar-refractivity contribution is 6.32. The summed E-state index contributed by atoms with van der Waals surface area (Å²) in [6.07, 6.45) is 0.